The van der Waals surface area contributed by atoms with E-state index in [0.29, 0.717) is 17.5 Å². The quantitative estimate of drug-likeness (QED) is 0.342. The van der Waals surface area contributed by atoms with E-state index in [9.17, 15) is 9.90 Å². The first-order valence-corrected chi connectivity index (χ1v) is 13.9. The monoisotopic (exact) mass is 505 g/mol. The van der Waals surface area contributed by atoms with E-state index in [0.717, 1.165) is 10.4 Å². The van der Waals surface area contributed by atoms with Crippen LogP contribution in [-0.4, -0.2) is 52.0 Å². The predicted molar refractivity (Wildman–Crippen MR) is 141 cm³/mol. The van der Waals surface area contributed by atoms with E-state index in [4.69, 9.17) is 14.9 Å². The summed E-state index contributed by atoms with van der Waals surface area (Å²) in [4.78, 5) is 18.9. The summed E-state index contributed by atoms with van der Waals surface area (Å²) < 4.78 is 14.7. The van der Waals surface area contributed by atoms with Gasteiger partial charge < -0.3 is 20.0 Å². The van der Waals surface area contributed by atoms with Crippen LogP contribution in [0.25, 0.3) is 11.0 Å². The molecule has 10 heteroatoms. The molecule has 0 aliphatic carbocycles. The topological polar surface area (TPSA) is 128 Å². The Hall–Kier alpha value is -3.31. The standard InChI is InChI=1S/C26H31N5O4Si/c1-26(2,3)36(17-10-6-4-7-11-17,18-12-8-5-9-13-18)34-16-21-20(32)14-22(35-21)31-23-19(15-28-31)24(33)30-25(27)29-23/h4-13,15,20-22,32H,14,16H2,1-3H3,(H3,27,29,30,33)/t20-,21-,22-/m1/s1. The number of aliphatic hydroxyl groups is 1. The average Bonchev–Trinajstić information content (AvgIpc) is 3.43. The van der Waals surface area contributed by atoms with Crippen molar-refractivity contribution in [3.63, 3.8) is 0 Å². The third kappa shape index (κ3) is 4.15. The average molecular weight is 506 g/mol. The Balaban J connectivity index is 1.46. The molecule has 9 nitrogen and oxygen atoms in total. The van der Waals surface area contributed by atoms with Crippen molar-refractivity contribution in [2.75, 3.05) is 12.3 Å². The number of rotatable bonds is 6. The van der Waals surface area contributed by atoms with Crippen LogP contribution in [0.2, 0.25) is 5.04 Å². The van der Waals surface area contributed by atoms with E-state index in [-0.39, 0.29) is 23.2 Å². The van der Waals surface area contributed by atoms with Crippen molar-refractivity contribution in [1.29, 1.82) is 0 Å². The summed E-state index contributed by atoms with van der Waals surface area (Å²) in [5.74, 6) is -0.000591. The fraction of sp³-hybridized carbons (Fsp3) is 0.346. The first-order valence-electron chi connectivity index (χ1n) is 12.0. The van der Waals surface area contributed by atoms with Crippen molar-refractivity contribution in [1.82, 2.24) is 19.7 Å². The zero-order chi connectivity index (χ0) is 25.5. The molecule has 1 aliphatic heterocycles. The lowest BCUT2D eigenvalue weighted by Crippen LogP contribution is -2.67. The van der Waals surface area contributed by atoms with Gasteiger partial charge in [-0.25, -0.2) is 4.68 Å². The fourth-order valence-corrected chi connectivity index (χ4v) is 9.72. The van der Waals surface area contributed by atoms with Crippen molar-refractivity contribution >= 4 is 35.7 Å². The van der Waals surface area contributed by atoms with Crippen LogP contribution in [0.5, 0.6) is 0 Å². The lowest BCUT2D eigenvalue weighted by molar-refractivity contribution is -0.0438. The molecule has 2 aromatic carbocycles. The SMILES string of the molecule is CC(C)(C)[Si](OC[C@H]1O[C@@H](n2ncc3c(=O)[nH]c(N)nc32)C[C@H]1O)(c1ccccc1)c1ccccc1. The van der Waals surface area contributed by atoms with Gasteiger partial charge in [0.1, 0.15) is 11.5 Å². The van der Waals surface area contributed by atoms with Crippen LogP contribution in [-0.2, 0) is 9.16 Å². The van der Waals surface area contributed by atoms with E-state index in [1.54, 1.807) is 0 Å². The molecule has 5 rings (SSSR count). The number of aliphatic hydroxyl groups excluding tert-OH is 1. The van der Waals surface area contributed by atoms with Crippen LogP contribution in [0.3, 0.4) is 0 Å². The van der Waals surface area contributed by atoms with Gasteiger partial charge in [-0.3, -0.25) is 9.78 Å². The largest absolute Gasteiger partial charge is 0.405 e. The molecule has 0 radical (unpaired) electrons. The smallest absolute Gasteiger partial charge is 0.263 e. The Morgan fingerprint density at radius 2 is 1.75 bits per heavy atom. The van der Waals surface area contributed by atoms with Crippen LogP contribution < -0.4 is 21.7 Å². The van der Waals surface area contributed by atoms with E-state index in [1.165, 1.54) is 10.9 Å². The number of ether oxygens (including phenoxy) is 1. The highest BCUT2D eigenvalue weighted by atomic mass is 28.4. The van der Waals surface area contributed by atoms with Gasteiger partial charge in [0, 0.05) is 6.42 Å². The van der Waals surface area contributed by atoms with Gasteiger partial charge in [-0.2, -0.15) is 10.1 Å². The lowest BCUT2D eigenvalue weighted by Gasteiger charge is -2.43. The second kappa shape index (κ2) is 9.29. The van der Waals surface area contributed by atoms with Crippen LogP contribution in [0, 0.1) is 0 Å². The van der Waals surface area contributed by atoms with Crippen molar-refractivity contribution in [2.24, 2.45) is 0 Å². The summed E-state index contributed by atoms with van der Waals surface area (Å²) >= 11 is 0. The number of H-pyrrole nitrogens is 1. The molecule has 188 valence electrons. The van der Waals surface area contributed by atoms with E-state index >= 15 is 0 Å². The molecule has 0 saturated carbocycles. The normalized spacial score (nSPS) is 20.7. The lowest BCUT2D eigenvalue weighted by atomic mass is 10.2. The minimum absolute atomic E-state index is 0.000591. The molecule has 4 aromatic rings. The zero-order valence-electron chi connectivity index (χ0n) is 20.6. The summed E-state index contributed by atoms with van der Waals surface area (Å²) in [6, 6.07) is 20.7. The maximum Gasteiger partial charge on any atom is 0.263 e. The highest BCUT2D eigenvalue weighted by Crippen LogP contribution is 2.38. The number of nitrogen functional groups attached to an aromatic ring is 1. The molecule has 3 heterocycles. The molecule has 0 unspecified atom stereocenters. The van der Waals surface area contributed by atoms with E-state index in [2.05, 4.69) is 60.1 Å². The maximum atomic E-state index is 12.2. The number of benzene rings is 2. The number of nitrogens with zero attached hydrogens (tertiary/aromatic N) is 3. The van der Waals surface area contributed by atoms with Crippen molar-refractivity contribution in [3.8, 4) is 0 Å². The van der Waals surface area contributed by atoms with Gasteiger partial charge in [0.15, 0.2) is 11.9 Å². The highest BCUT2D eigenvalue weighted by Gasteiger charge is 2.51. The van der Waals surface area contributed by atoms with Crippen molar-refractivity contribution in [2.45, 2.75) is 50.7 Å². The van der Waals surface area contributed by atoms with Crippen molar-refractivity contribution < 1.29 is 14.3 Å². The van der Waals surface area contributed by atoms with Gasteiger partial charge in [0.25, 0.3) is 13.9 Å². The number of aromatic nitrogens is 4. The Morgan fingerprint density at radius 3 is 2.33 bits per heavy atom. The summed E-state index contributed by atoms with van der Waals surface area (Å²) in [6.07, 6.45) is -0.219. The summed E-state index contributed by atoms with van der Waals surface area (Å²) in [5, 5.41) is 17.7. The highest BCUT2D eigenvalue weighted by molar-refractivity contribution is 6.99. The molecule has 0 spiro atoms. The minimum Gasteiger partial charge on any atom is -0.405 e. The second-order valence-electron chi connectivity index (χ2n) is 10.2. The number of anilines is 1. The molecule has 36 heavy (non-hydrogen) atoms. The Labute approximate surface area is 210 Å². The van der Waals surface area contributed by atoms with Crippen LogP contribution in [0.1, 0.15) is 33.4 Å². The summed E-state index contributed by atoms with van der Waals surface area (Å²) in [6.45, 7) is 6.83. The number of nitrogens with one attached hydrogen (secondary N) is 1. The summed E-state index contributed by atoms with van der Waals surface area (Å²) in [5.41, 5.74) is 5.69. The Bertz CT molecular complexity index is 1360. The van der Waals surface area contributed by atoms with Crippen LogP contribution in [0.4, 0.5) is 5.95 Å². The van der Waals surface area contributed by atoms with E-state index in [1.807, 2.05) is 36.4 Å². The molecule has 4 N–H and O–H groups in total. The summed E-state index contributed by atoms with van der Waals surface area (Å²) in [7, 11) is -2.78. The number of aromatic amines is 1. The number of hydrogen-bond donors (Lipinski definition) is 3. The minimum atomic E-state index is -2.78. The third-order valence-corrected chi connectivity index (χ3v) is 11.8. The van der Waals surface area contributed by atoms with Gasteiger partial charge in [0.05, 0.1) is 18.9 Å². The zero-order valence-corrected chi connectivity index (χ0v) is 21.6. The number of hydrogen-bond acceptors (Lipinski definition) is 7. The fourth-order valence-electron chi connectivity index (χ4n) is 5.15. The maximum absolute atomic E-state index is 12.2. The first-order chi connectivity index (χ1) is 17.2. The predicted octanol–water partition coefficient (Wildman–Crippen LogP) is 1.93. The molecular weight excluding hydrogens is 474 g/mol. The van der Waals surface area contributed by atoms with E-state index < -0.39 is 26.8 Å². The number of fused-ring (bicyclic) bond motifs is 1. The number of nitrogens with two attached hydrogens (primary N) is 1. The van der Waals surface area contributed by atoms with Gasteiger partial charge >= 0.3 is 0 Å². The van der Waals surface area contributed by atoms with Crippen LogP contribution in [0.15, 0.2) is 71.7 Å². The molecular formula is C26H31N5O4Si. The Morgan fingerprint density at radius 1 is 1.14 bits per heavy atom. The van der Waals surface area contributed by atoms with Crippen molar-refractivity contribution in [3.05, 3.63) is 77.2 Å². The van der Waals surface area contributed by atoms with Crippen LogP contribution >= 0.6 is 0 Å². The molecule has 0 bridgehead atoms. The van der Waals surface area contributed by atoms with Gasteiger partial charge in [-0.1, -0.05) is 81.4 Å². The van der Waals surface area contributed by atoms with Gasteiger partial charge in [0.2, 0.25) is 5.95 Å². The molecule has 1 fully saturated rings. The molecule has 1 aliphatic rings. The Kier molecular flexibility index (Phi) is 6.29. The molecule has 0 amide bonds. The second-order valence-corrected chi connectivity index (χ2v) is 14.5. The van der Waals surface area contributed by atoms with Gasteiger partial charge in [-0.15, -0.1) is 0 Å². The first kappa shape index (κ1) is 24.4. The molecule has 1 saturated heterocycles. The van der Waals surface area contributed by atoms with Gasteiger partial charge in [-0.05, 0) is 15.4 Å². The third-order valence-electron chi connectivity index (χ3n) is 6.84. The molecule has 2 aromatic heterocycles. The molecule has 3 atom stereocenters.